The Labute approximate surface area is 164 Å². The van der Waals surface area contributed by atoms with E-state index in [4.69, 9.17) is 0 Å². The fourth-order valence-electron chi connectivity index (χ4n) is 4.12. The molecule has 144 valence electrons. The summed E-state index contributed by atoms with van der Waals surface area (Å²) in [5.74, 6) is 0.147. The molecule has 0 radical (unpaired) electrons. The smallest absolute Gasteiger partial charge is 0.227 e. The third-order valence-corrected chi connectivity index (χ3v) is 5.49. The topological polar surface area (TPSA) is 65.3 Å². The van der Waals surface area contributed by atoms with Gasteiger partial charge in [-0.2, -0.15) is 5.11 Å². The van der Waals surface area contributed by atoms with Crippen LogP contribution in [0.25, 0.3) is 0 Å². The van der Waals surface area contributed by atoms with Gasteiger partial charge in [-0.05, 0) is 30.5 Å². The highest BCUT2D eigenvalue weighted by Gasteiger charge is 2.38. The maximum atomic E-state index is 13.1. The molecule has 2 aromatic rings. The summed E-state index contributed by atoms with van der Waals surface area (Å²) in [5.41, 5.74) is 4.14. The molecule has 2 atom stereocenters. The first-order valence-corrected chi connectivity index (χ1v) is 9.66. The van der Waals surface area contributed by atoms with Crippen LogP contribution in [0.3, 0.4) is 0 Å². The third kappa shape index (κ3) is 3.30. The second kappa shape index (κ2) is 7.54. The van der Waals surface area contributed by atoms with E-state index in [2.05, 4.69) is 22.5 Å². The first kappa shape index (κ1) is 18.3. The Morgan fingerprint density at radius 2 is 1.75 bits per heavy atom. The van der Waals surface area contributed by atoms with Crippen LogP contribution < -0.4 is 4.90 Å². The predicted octanol–water partition coefficient (Wildman–Crippen LogP) is 4.39. The summed E-state index contributed by atoms with van der Waals surface area (Å²) in [5, 5.41) is 10.8. The van der Waals surface area contributed by atoms with Crippen molar-refractivity contribution in [3.8, 4) is 0 Å². The molecule has 2 heterocycles. The zero-order valence-corrected chi connectivity index (χ0v) is 16.2. The van der Waals surface area contributed by atoms with Gasteiger partial charge in [0.1, 0.15) is 17.9 Å². The van der Waals surface area contributed by atoms with Crippen LogP contribution in [-0.2, 0) is 16.1 Å². The quantitative estimate of drug-likeness (QED) is 0.795. The van der Waals surface area contributed by atoms with E-state index in [1.54, 1.807) is 6.92 Å². The van der Waals surface area contributed by atoms with Crippen LogP contribution in [0, 0.1) is 0 Å². The van der Waals surface area contributed by atoms with Crippen molar-refractivity contribution in [2.75, 3.05) is 11.9 Å². The number of amides is 1. The molecule has 2 aliphatic rings. The standard InChI is InChI=1S/C22H24N4O2/c1-15(27)8-7-13-20(28)26-14-16-9-3-4-10-17(16)22-21(23-24-25(22)2)18-11-5-6-12-19(18)26/h3-6,9-12,21-22H,7-8,13-14H2,1-2H3. The highest BCUT2D eigenvalue weighted by atomic mass is 16.2. The first-order valence-electron chi connectivity index (χ1n) is 9.66. The van der Waals surface area contributed by atoms with E-state index >= 15 is 0 Å². The van der Waals surface area contributed by atoms with Crippen LogP contribution in [-0.4, -0.2) is 23.7 Å². The van der Waals surface area contributed by atoms with Crippen molar-refractivity contribution in [1.82, 2.24) is 5.01 Å². The first-order chi connectivity index (χ1) is 13.6. The Morgan fingerprint density at radius 1 is 1.04 bits per heavy atom. The van der Waals surface area contributed by atoms with E-state index < -0.39 is 0 Å². The molecule has 1 amide bonds. The molecule has 2 aromatic carbocycles. The number of rotatable bonds is 4. The molecule has 6 nitrogen and oxygen atoms in total. The molecule has 28 heavy (non-hydrogen) atoms. The zero-order valence-electron chi connectivity index (χ0n) is 16.2. The minimum atomic E-state index is -0.157. The minimum Gasteiger partial charge on any atom is -0.308 e. The Kier molecular flexibility index (Phi) is 4.94. The molecule has 6 heteroatoms. The number of hydrogen-bond donors (Lipinski definition) is 0. The number of Topliss-reactive ketones (excluding diaryl/α,β-unsaturated/α-hetero) is 1. The molecule has 0 bridgehead atoms. The molecule has 0 aromatic heterocycles. The normalized spacial score (nSPS) is 20.1. The van der Waals surface area contributed by atoms with Gasteiger partial charge in [0.05, 0.1) is 6.54 Å². The van der Waals surface area contributed by atoms with E-state index in [1.165, 1.54) is 0 Å². The summed E-state index contributed by atoms with van der Waals surface area (Å²) in [6.07, 6.45) is 1.36. The Hall–Kier alpha value is -3.02. The minimum absolute atomic E-state index is 0.0207. The lowest BCUT2D eigenvalue weighted by Crippen LogP contribution is -2.34. The largest absolute Gasteiger partial charge is 0.308 e. The van der Waals surface area contributed by atoms with Crippen LogP contribution >= 0.6 is 0 Å². The number of benzene rings is 2. The maximum absolute atomic E-state index is 13.1. The predicted molar refractivity (Wildman–Crippen MR) is 107 cm³/mol. The van der Waals surface area contributed by atoms with Gasteiger partial charge in [0.2, 0.25) is 5.91 Å². The van der Waals surface area contributed by atoms with Crippen molar-refractivity contribution < 1.29 is 9.59 Å². The van der Waals surface area contributed by atoms with Crippen LogP contribution in [0.4, 0.5) is 5.69 Å². The van der Waals surface area contributed by atoms with Crippen molar-refractivity contribution in [3.05, 3.63) is 65.2 Å². The maximum Gasteiger partial charge on any atom is 0.227 e. The molecule has 0 fully saturated rings. The molecule has 4 rings (SSSR count). The number of likely N-dealkylation sites (N-methyl/N-ethyl adjacent to an activating group) is 1. The summed E-state index contributed by atoms with van der Waals surface area (Å²) in [6.45, 7) is 2.07. The molecule has 0 spiro atoms. The van der Waals surface area contributed by atoms with Crippen LogP contribution in [0.1, 0.15) is 55.0 Å². The molecular formula is C22H24N4O2. The Morgan fingerprint density at radius 3 is 2.54 bits per heavy atom. The van der Waals surface area contributed by atoms with E-state index in [-0.39, 0.29) is 23.8 Å². The molecule has 2 aliphatic heterocycles. The molecular weight excluding hydrogens is 352 g/mol. The second-order valence-corrected chi connectivity index (χ2v) is 7.46. The van der Waals surface area contributed by atoms with Crippen molar-refractivity contribution in [3.63, 3.8) is 0 Å². The Bertz CT molecular complexity index is 940. The zero-order chi connectivity index (χ0) is 19.7. The molecule has 0 saturated heterocycles. The third-order valence-electron chi connectivity index (χ3n) is 5.49. The number of nitrogens with zero attached hydrogens (tertiary/aromatic N) is 4. The fraction of sp³-hybridized carbons (Fsp3) is 0.364. The second-order valence-electron chi connectivity index (χ2n) is 7.46. The summed E-state index contributed by atoms with van der Waals surface area (Å²) in [7, 11) is 1.94. The van der Waals surface area contributed by atoms with E-state index in [9.17, 15) is 9.59 Å². The molecule has 0 saturated carbocycles. The van der Waals surface area contributed by atoms with Gasteiger partial charge in [0, 0.05) is 31.1 Å². The summed E-state index contributed by atoms with van der Waals surface area (Å²) < 4.78 is 0. The Balaban J connectivity index is 1.76. The van der Waals surface area contributed by atoms with Crippen LogP contribution in [0.15, 0.2) is 58.9 Å². The van der Waals surface area contributed by atoms with Gasteiger partial charge in [-0.15, -0.1) is 0 Å². The summed E-state index contributed by atoms with van der Waals surface area (Å²) in [4.78, 5) is 26.2. The van der Waals surface area contributed by atoms with Crippen molar-refractivity contribution in [2.45, 2.75) is 44.8 Å². The van der Waals surface area contributed by atoms with Gasteiger partial charge < -0.3 is 9.69 Å². The van der Waals surface area contributed by atoms with Crippen molar-refractivity contribution in [1.29, 1.82) is 0 Å². The average Bonchev–Trinajstić information content (AvgIpc) is 3.05. The fourth-order valence-corrected chi connectivity index (χ4v) is 4.12. The summed E-state index contributed by atoms with van der Waals surface area (Å²) in [6, 6.07) is 16.0. The number of para-hydroxylation sites is 1. The van der Waals surface area contributed by atoms with E-state index in [0.29, 0.717) is 25.8 Å². The number of carbonyl (C=O) groups excluding carboxylic acids is 2. The lowest BCUT2D eigenvalue weighted by atomic mass is 9.87. The summed E-state index contributed by atoms with van der Waals surface area (Å²) >= 11 is 0. The van der Waals surface area contributed by atoms with Gasteiger partial charge in [-0.25, -0.2) is 0 Å². The van der Waals surface area contributed by atoms with Gasteiger partial charge >= 0.3 is 0 Å². The van der Waals surface area contributed by atoms with Gasteiger partial charge in [-0.3, -0.25) is 9.80 Å². The number of anilines is 1. The number of ketones is 1. The van der Waals surface area contributed by atoms with Crippen molar-refractivity contribution >= 4 is 17.4 Å². The monoisotopic (exact) mass is 376 g/mol. The van der Waals surface area contributed by atoms with Gasteiger partial charge in [-0.1, -0.05) is 47.7 Å². The van der Waals surface area contributed by atoms with E-state index in [1.807, 2.05) is 53.4 Å². The van der Waals surface area contributed by atoms with Crippen LogP contribution in [0.2, 0.25) is 0 Å². The van der Waals surface area contributed by atoms with E-state index in [0.717, 1.165) is 22.4 Å². The number of carbonyl (C=O) groups is 2. The number of hydrogen-bond acceptors (Lipinski definition) is 5. The van der Waals surface area contributed by atoms with Gasteiger partial charge in [0.25, 0.3) is 0 Å². The lowest BCUT2D eigenvalue weighted by molar-refractivity contribution is -0.119. The highest BCUT2D eigenvalue weighted by molar-refractivity contribution is 5.94. The lowest BCUT2D eigenvalue weighted by Gasteiger charge is -2.34. The SMILES string of the molecule is CC(=O)CCCC(=O)N1Cc2ccccc2C2C(N=NN2C)c2ccccc21. The van der Waals surface area contributed by atoms with Crippen molar-refractivity contribution in [2.24, 2.45) is 10.3 Å². The number of fused-ring (bicyclic) bond motifs is 5. The molecule has 2 unspecified atom stereocenters. The molecule has 0 aliphatic carbocycles. The van der Waals surface area contributed by atoms with Crippen LogP contribution in [0.5, 0.6) is 0 Å². The highest BCUT2D eigenvalue weighted by Crippen LogP contribution is 2.47. The average molecular weight is 376 g/mol. The molecule has 0 N–H and O–H groups in total. The van der Waals surface area contributed by atoms with Gasteiger partial charge in [0.15, 0.2) is 0 Å².